The minimum absolute atomic E-state index is 0.0146. The summed E-state index contributed by atoms with van der Waals surface area (Å²) in [4.78, 5) is 35.3. The molecule has 3 fully saturated rings. The first kappa shape index (κ1) is 28.0. The predicted octanol–water partition coefficient (Wildman–Crippen LogP) is 3.88. The number of thioether (sulfide) groups is 1. The Morgan fingerprint density at radius 3 is 2.81 bits per heavy atom. The van der Waals surface area contributed by atoms with E-state index in [2.05, 4.69) is 42.6 Å². The van der Waals surface area contributed by atoms with E-state index in [4.69, 9.17) is 9.84 Å². The highest BCUT2D eigenvalue weighted by atomic mass is 32.2. The Kier molecular flexibility index (Phi) is 8.08. The normalized spacial score (nSPS) is 39.3. The fourth-order valence-corrected chi connectivity index (χ4v) is 8.12. The van der Waals surface area contributed by atoms with E-state index >= 15 is 0 Å². The van der Waals surface area contributed by atoms with Gasteiger partial charge >= 0.3 is 5.97 Å². The van der Waals surface area contributed by atoms with E-state index in [0.717, 1.165) is 19.3 Å². The number of ether oxygens (including phenoxy) is 1. The molecule has 0 spiro atoms. The van der Waals surface area contributed by atoms with Crippen molar-refractivity contribution in [2.24, 2.45) is 34.0 Å². The fraction of sp³-hybridized carbons (Fsp3) is 0.714. The van der Waals surface area contributed by atoms with Crippen LogP contribution in [0.2, 0.25) is 0 Å². The van der Waals surface area contributed by atoms with Gasteiger partial charge in [0.1, 0.15) is 17.7 Å². The van der Waals surface area contributed by atoms with Gasteiger partial charge in [0, 0.05) is 35.9 Å². The van der Waals surface area contributed by atoms with Crippen LogP contribution in [0.4, 0.5) is 5.82 Å². The van der Waals surface area contributed by atoms with E-state index in [1.54, 1.807) is 18.3 Å². The number of aromatic nitrogens is 2. The van der Waals surface area contributed by atoms with Gasteiger partial charge in [-0.3, -0.25) is 9.59 Å². The highest BCUT2D eigenvalue weighted by molar-refractivity contribution is 7.99. The van der Waals surface area contributed by atoms with E-state index in [0.29, 0.717) is 30.4 Å². The first-order valence-corrected chi connectivity index (χ1v) is 14.3. The van der Waals surface area contributed by atoms with Gasteiger partial charge in [-0.25, -0.2) is 9.97 Å². The summed E-state index contributed by atoms with van der Waals surface area (Å²) in [5.74, 6) is 0.332. The van der Waals surface area contributed by atoms with Crippen LogP contribution in [0.1, 0.15) is 59.8 Å². The van der Waals surface area contributed by atoms with Crippen LogP contribution in [-0.4, -0.2) is 63.0 Å². The third-order valence-electron chi connectivity index (χ3n) is 9.95. The van der Waals surface area contributed by atoms with Crippen molar-refractivity contribution in [2.75, 3.05) is 24.2 Å². The van der Waals surface area contributed by atoms with Crippen molar-refractivity contribution in [1.82, 2.24) is 9.97 Å². The molecule has 0 aromatic carbocycles. The van der Waals surface area contributed by atoms with Gasteiger partial charge in [-0.1, -0.05) is 45.5 Å². The smallest absolute Gasteiger partial charge is 0.316 e. The third kappa shape index (κ3) is 4.83. The van der Waals surface area contributed by atoms with Gasteiger partial charge in [-0.05, 0) is 49.0 Å². The van der Waals surface area contributed by atoms with Crippen molar-refractivity contribution >= 4 is 29.3 Å². The first-order chi connectivity index (χ1) is 17.5. The van der Waals surface area contributed by atoms with Crippen molar-refractivity contribution in [3.63, 3.8) is 0 Å². The molecule has 0 amide bonds. The molecule has 3 aliphatic rings. The van der Waals surface area contributed by atoms with Gasteiger partial charge in [0.15, 0.2) is 5.16 Å². The first-order valence-electron chi connectivity index (χ1n) is 13.4. The van der Waals surface area contributed by atoms with Crippen molar-refractivity contribution in [2.45, 2.75) is 77.2 Å². The van der Waals surface area contributed by atoms with E-state index < -0.39 is 29.0 Å². The van der Waals surface area contributed by atoms with Crippen LogP contribution in [-0.2, 0) is 14.3 Å². The molecule has 4 rings (SSSR count). The molecule has 3 N–H and O–H groups in total. The molecule has 1 aromatic rings. The van der Waals surface area contributed by atoms with Gasteiger partial charge in [0.05, 0.1) is 18.5 Å². The Morgan fingerprint density at radius 1 is 1.35 bits per heavy atom. The molecule has 0 radical (unpaired) electrons. The van der Waals surface area contributed by atoms with Crippen molar-refractivity contribution < 1.29 is 24.5 Å². The van der Waals surface area contributed by atoms with Gasteiger partial charge in [0.2, 0.25) is 0 Å². The molecule has 0 unspecified atom stereocenters. The Hall–Kier alpha value is -1.97. The summed E-state index contributed by atoms with van der Waals surface area (Å²) in [7, 11) is 0. The number of carbonyl (C=O) groups is 2. The second-order valence-electron chi connectivity index (χ2n) is 11.7. The molecule has 3 saturated carbocycles. The summed E-state index contributed by atoms with van der Waals surface area (Å²) in [5, 5.41) is 24.0. The zero-order chi connectivity index (χ0) is 27.0. The largest absolute Gasteiger partial charge is 0.461 e. The Labute approximate surface area is 224 Å². The van der Waals surface area contributed by atoms with Crippen LogP contribution in [0.15, 0.2) is 30.1 Å². The van der Waals surface area contributed by atoms with Gasteiger partial charge in [-0.2, -0.15) is 0 Å². The second kappa shape index (κ2) is 10.7. The maximum absolute atomic E-state index is 13.5. The average Bonchev–Trinajstić information content (AvgIpc) is 3.25. The van der Waals surface area contributed by atoms with E-state index in [1.807, 2.05) is 6.92 Å². The fourth-order valence-electron chi connectivity index (χ4n) is 7.51. The standard InChI is InChI=1S/C28H41N3O5S/c1-6-26(4)15-20(36-22(34)16-37-25-30-12-9-21(31-25)29-13-14-32)27(5)17(2)7-10-28(18(3)24(26)35)11-8-19(33)23(27)28/h6,9,12,17-18,20,23-24,32,35H,1,7-8,10-11,13-16H2,2-5H3,(H,29,30,31)/t17-,18+,20-,23+,24+,26-,27+,28+/m1/s1. The molecule has 204 valence electrons. The number of ketones is 1. The number of hydrogen-bond acceptors (Lipinski definition) is 9. The topological polar surface area (TPSA) is 122 Å². The van der Waals surface area contributed by atoms with E-state index in [1.165, 1.54) is 11.8 Å². The minimum atomic E-state index is -0.686. The van der Waals surface area contributed by atoms with Gasteiger partial charge in [0.25, 0.3) is 0 Å². The number of nitrogens with one attached hydrogen (secondary N) is 1. The van der Waals surface area contributed by atoms with Gasteiger partial charge in [-0.15, -0.1) is 6.58 Å². The summed E-state index contributed by atoms with van der Waals surface area (Å²) >= 11 is 1.19. The zero-order valence-electron chi connectivity index (χ0n) is 22.4. The molecular formula is C28H41N3O5S. The highest BCUT2D eigenvalue weighted by Crippen LogP contribution is 2.68. The van der Waals surface area contributed by atoms with Crippen LogP contribution in [0, 0.1) is 34.0 Å². The lowest BCUT2D eigenvalue weighted by Crippen LogP contribution is -2.63. The third-order valence-corrected chi connectivity index (χ3v) is 10.8. The molecule has 8 nitrogen and oxygen atoms in total. The van der Waals surface area contributed by atoms with Crippen molar-refractivity contribution in [3.8, 4) is 0 Å². The van der Waals surface area contributed by atoms with E-state index in [-0.39, 0.29) is 41.3 Å². The minimum Gasteiger partial charge on any atom is -0.461 e. The lowest BCUT2D eigenvalue weighted by molar-refractivity contribution is -0.205. The Morgan fingerprint density at radius 2 is 2.11 bits per heavy atom. The lowest BCUT2D eigenvalue weighted by atomic mass is 9.44. The molecule has 2 bridgehead atoms. The quantitative estimate of drug-likeness (QED) is 0.199. The molecule has 9 heteroatoms. The molecule has 1 aromatic heterocycles. The lowest BCUT2D eigenvalue weighted by Gasteiger charge is -2.61. The number of aliphatic hydroxyl groups is 2. The highest BCUT2D eigenvalue weighted by Gasteiger charge is 2.68. The summed E-state index contributed by atoms with van der Waals surface area (Å²) in [6.07, 6.45) is 5.73. The SMILES string of the molecule is C=C[C@]1(C)C[C@@H](OC(=O)CSc2nccc(NCCO)n2)[C@]2(C)[C@H](C)CC[C@]3(CCC(=O)[C@H]32)[C@@H](C)[C@@H]1O. The molecule has 3 aliphatic carbocycles. The summed E-state index contributed by atoms with van der Waals surface area (Å²) < 4.78 is 6.26. The summed E-state index contributed by atoms with van der Waals surface area (Å²) in [6, 6.07) is 1.70. The number of nitrogens with zero attached hydrogens (tertiary/aromatic N) is 2. The van der Waals surface area contributed by atoms with Crippen LogP contribution in [0.5, 0.6) is 0 Å². The van der Waals surface area contributed by atoms with Crippen LogP contribution >= 0.6 is 11.8 Å². The number of carbonyl (C=O) groups excluding carboxylic acids is 2. The second-order valence-corrected chi connectivity index (χ2v) is 12.7. The molecule has 0 saturated heterocycles. The number of rotatable bonds is 8. The maximum Gasteiger partial charge on any atom is 0.316 e. The number of hydrogen-bond donors (Lipinski definition) is 3. The summed E-state index contributed by atoms with van der Waals surface area (Å²) in [6.45, 7) is 12.8. The van der Waals surface area contributed by atoms with Gasteiger partial charge < -0.3 is 20.3 Å². The maximum atomic E-state index is 13.5. The Bertz CT molecular complexity index is 1040. The molecule has 37 heavy (non-hydrogen) atoms. The van der Waals surface area contributed by atoms with Crippen molar-refractivity contribution in [1.29, 1.82) is 0 Å². The monoisotopic (exact) mass is 531 g/mol. The number of Topliss-reactive ketones (excluding diaryl/α,β-unsaturated/α-hetero) is 1. The summed E-state index contributed by atoms with van der Waals surface area (Å²) in [5.41, 5.74) is -1.48. The predicted molar refractivity (Wildman–Crippen MR) is 143 cm³/mol. The number of aliphatic hydroxyl groups excluding tert-OH is 2. The Balaban J connectivity index is 1.61. The average molecular weight is 532 g/mol. The molecule has 8 atom stereocenters. The number of esters is 1. The molecule has 0 aliphatic heterocycles. The van der Waals surface area contributed by atoms with E-state index in [9.17, 15) is 14.7 Å². The van der Waals surface area contributed by atoms with Crippen LogP contribution in [0.25, 0.3) is 0 Å². The molecular weight excluding hydrogens is 490 g/mol. The van der Waals surface area contributed by atoms with Crippen LogP contribution < -0.4 is 5.32 Å². The van der Waals surface area contributed by atoms with Crippen molar-refractivity contribution in [3.05, 3.63) is 24.9 Å². The van der Waals surface area contributed by atoms with Crippen LogP contribution in [0.3, 0.4) is 0 Å². The molecule has 1 heterocycles. The number of anilines is 1. The zero-order valence-corrected chi connectivity index (χ0v) is 23.2.